The first-order chi connectivity index (χ1) is 10.6. The predicted molar refractivity (Wildman–Crippen MR) is 82.5 cm³/mol. The standard InChI is InChI=1S/C16H15N5O/c1-3-10(2)21-14(18)11(9-17)8-12-15(21)19-13-6-4-5-7-20(13)16(12)22/h4-8,10,18H,3H2,1-2H3/t10-/m1/s1. The van der Waals surface area contributed by atoms with E-state index in [1.54, 1.807) is 22.9 Å². The minimum absolute atomic E-state index is 0.0265. The molecule has 110 valence electrons. The molecule has 0 saturated heterocycles. The van der Waals surface area contributed by atoms with Gasteiger partial charge in [0.2, 0.25) is 0 Å². The van der Waals surface area contributed by atoms with Crippen LogP contribution in [0.3, 0.4) is 0 Å². The Hall–Kier alpha value is -2.94. The van der Waals surface area contributed by atoms with Gasteiger partial charge >= 0.3 is 0 Å². The maximum atomic E-state index is 12.7. The molecular weight excluding hydrogens is 278 g/mol. The molecule has 3 aromatic rings. The summed E-state index contributed by atoms with van der Waals surface area (Å²) in [6, 6.07) is 8.76. The van der Waals surface area contributed by atoms with Crippen LogP contribution in [0.25, 0.3) is 16.7 Å². The molecule has 0 spiro atoms. The smallest absolute Gasteiger partial charge is 0.267 e. The van der Waals surface area contributed by atoms with Crippen molar-refractivity contribution in [3.63, 3.8) is 0 Å². The van der Waals surface area contributed by atoms with Crippen molar-refractivity contribution in [2.75, 3.05) is 0 Å². The van der Waals surface area contributed by atoms with E-state index in [9.17, 15) is 10.1 Å². The molecule has 0 aromatic carbocycles. The lowest BCUT2D eigenvalue weighted by molar-refractivity contribution is 0.518. The number of rotatable bonds is 2. The molecule has 6 heteroatoms. The fourth-order valence-electron chi connectivity index (χ4n) is 2.55. The zero-order chi connectivity index (χ0) is 15.9. The Morgan fingerprint density at radius 2 is 2.23 bits per heavy atom. The molecule has 0 radical (unpaired) electrons. The van der Waals surface area contributed by atoms with Gasteiger partial charge in [-0.15, -0.1) is 0 Å². The van der Waals surface area contributed by atoms with Crippen molar-refractivity contribution in [1.29, 1.82) is 10.7 Å². The van der Waals surface area contributed by atoms with Crippen LogP contribution < -0.4 is 11.0 Å². The number of aromatic nitrogens is 3. The highest BCUT2D eigenvalue weighted by Gasteiger charge is 2.15. The van der Waals surface area contributed by atoms with Gasteiger partial charge in [-0.25, -0.2) is 4.98 Å². The van der Waals surface area contributed by atoms with Crippen LogP contribution in [-0.4, -0.2) is 14.0 Å². The van der Waals surface area contributed by atoms with Crippen molar-refractivity contribution in [3.05, 3.63) is 51.9 Å². The molecule has 0 bridgehead atoms. The third-order valence-electron chi connectivity index (χ3n) is 3.91. The van der Waals surface area contributed by atoms with Gasteiger partial charge in [-0.1, -0.05) is 13.0 Å². The Labute approximate surface area is 126 Å². The Kier molecular flexibility index (Phi) is 3.26. The summed E-state index contributed by atoms with van der Waals surface area (Å²) >= 11 is 0. The van der Waals surface area contributed by atoms with Gasteiger partial charge in [0.25, 0.3) is 5.56 Å². The number of nitrogens with zero attached hydrogens (tertiary/aromatic N) is 4. The molecule has 0 unspecified atom stereocenters. The number of fused-ring (bicyclic) bond motifs is 2. The average Bonchev–Trinajstić information content (AvgIpc) is 2.54. The molecule has 0 amide bonds. The van der Waals surface area contributed by atoms with Crippen LogP contribution in [0.15, 0.2) is 35.3 Å². The van der Waals surface area contributed by atoms with Gasteiger partial charge in [0.05, 0.1) is 10.9 Å². The van der Waals surface area contributed by atoms with Gasteiger partial charge in [-0.3, -0.25) is 14.6 Å². The topological polar surface area (TPSA) is 86.9 Å². The van der Waals surface area contributed by atoms with Gasteiger partial charge in [-0.05, 0) is 31.5 Å². The van der Waals surface area contributed by atoms with Gasteiger partial charge in [0.15, 0.2) is 0 Å². The summed E-state index contributed by atoms with van der Waals surface area (Å²) in [5, 5.41) is 17.8. The van der Waals surface area contributed by atoms with Crippen LogP contribution in [0.4, 0.5) is 0 Å². The summed E-state index contributed by atoms with van der Waals surface area (Å²) in [4.78, 5) is 17.2. The second-order valence-electron chi connectivity index (χ2n) is 5.23. The largest absolute Gasteiger partial charge is 0.307 e. The summed E-state index contributed by atoms with van der Waals surface area (Å²) in [6.45, 7) is 3.95. The van der Waals surface area contributed by atoms with E-state index >= 15 is 0 Å². The summed E-state index contributed by atoms with van der Waals surface area (Å²) in [5.41, 5.74) is 1.03. The molecule has 0 aliphatic carbocycles. The third kappa shape index (κ3) is 1.91. The fraction of sp³-hybridized carbons (Fsp3) is 0.250. The Morgan fingerprint density at radius 1 is 1.45 bits per heavy atom. The molecule has 3 heterocycles. The SMILES string of the molecule is CC[C@@H](C)n1c(=N)c(C#N)cc2c(=O)n3ccccc3nc21. The van der Waals surface area contributed by atoms with E-state index in [-0.39, 0.29) is 22.7 Å². The van der Waals surface area contributed by atoms with Crippen LogP contribution in [0.5, 0.6) is 0 Å². The molecule has 3 aromatic heterocycles. The van der Waals surface area contributed by atoms with E-state index in [1.807, 2.05) is 26.0 Å². The number of hydrogen-bond donors (Lipinski definition) is 1. The van der Waals surface area contributed by atoms with E-state index in [2.05, 4.69) is 4.98 Å². The number of pyridine rings is 2. The highest BCUT2D eigenvalue weighted by Crippen LogP contribution is 2.16. The molecule has 1 N–H and O–H groups in total. The summed E-state index contributed by atoms with van der Waals surface area (Å²) in [6.07, 6.45) is 2.43. The maximum absolute atomic E-state index is 12.7. The third-order valence-corrected chi connectivity index (χ3v) is 3.91. The highest BCUT2D eigenvalue weighted by molar-refractivity contribution is 5.77. The van der Waals surface area contributed by atoms with Gasteiger partial charge < -0.3 is 4.57 Å². The van der Waals surface area contributed by atoms with Crippen molar-refractivity contribution in [2.24, 2.45) is 0 Å². The molecule has 1 atom stereocenters. The van der Waals surface area contributed by atoms with E-state index in [0.29, 0.717) is 16.7 Å². The second-order valence-corrected chi connectivity index (χ2v) is 5.23. The Bertz CT molecular complexity index is 1040. The predicted octanol–water partition coefficient (Wildman–Crippen LogP) is 1.97. The molecular formula is C16H15N5O. The van der Waals surface area contributed by atoms with E-state index in [0.717, 1.165) is 6.42 Å². The molecule has 6 nitrogen and oxygen atoms in total. The lowest BCUT2D eigenvalue weighted by Crippen LogP contribution is -2.29. The maximum Gasteiger partial charge on any atom is 0.267 e. The summed E-state index contributed by atoms with van der Waals surface area (Å²) in [7, 11) is 0. The van der Waals surface area contributed by atoms with Crippen LogP contribution in [0.1, 0.15) is 31.9 Å². The molecule has 3 rings (SSSR count). The molecule has 0 aliphatic heterocycles. The minimum Gasteiger partial charge on any atom is -0.307 e. The molecule has 0 fully saturated rings. The average molecular weight is 293 g/mol. The quantitative estimate of drug-likeness (QED) is 0.733. The van der Waals surface area contributed by atoms with Gasteiger partial charge in [-0.2, -0.15) is 5.26 Å². The van der Waals surface area contributed by atoms with E-state index in [1.165, 1.54) is 10.5 Å². The van der Waals surface area contributed by atoms with Gasteiger partial charge in [0.1, 0.15) is 22.9 Å². The van der Waals surface area contributed by atoms with E-state index in [4.69, 9.17) is 5.41 Å². The van der Waals surface area contributed by atoms with Crippen LogP contribution in [0.2, 0.25) is 0 Å². The first kappa shape index (κ1) is 14.0. The monoisotopic (exact) mass is 293 g/mol. The number of nitriles is 1. The molecule has 22 heavy (non-hydrogen) atoms. The lowest BCUT2D eigenvalue weighted by atomic mass is 10.2. The van der Waals surface area contributed by atoms with Gasteiger partial charge in [0, 0.05) is 12.2 Å². The normalized spacial score (nSPS) is 12.4. The molecule has 0 aliphatic rings. The number of hydrogen-bond acceptors (Lipinski definition) is 4. The lowest BCUT2D eigenvalue weighted by Gasteiger charge is -2.17. The minimum atomic E-state index is -0.228. The van der Waals surface area contributed by atoms with Crippen LogP contribution in [0, 0.1) is 16.7 Å². The first-order valence-corrected chi connectivity index (χ1v) is 7.09. The zero-order valence-corrected chi connectivity index (χ0v) is 12.4. The van der Waals surface area contributed by atoms with Crippen molar-refractivity contribution in [1.82, 2.24) is 14.0 Å². The van der Waals surface area contributed by atoms with Crippen molar-refractivity contribution in [2.45, 2.75) is 26.3 Å². The highest BCUT2D eigenvalue weighted by atomic mass is 16.1. The Morgan fingerprint density at radius 3 is 2.91 bits per heavy atom. The zero-order valence-electron chi connectivity index (χ0n) is 12.4. The van der Waals surface area contributed by atoms with Crippen LogP contribution >= 0.6 is 0 Å². The second kappa shape index (κ2) is 5.11. The Balaban J connectivity index is 2.62. The number of nitrogens with one attached hydrogen (secondary N) is 1. The first-order valence-electron chi connectivity index (χ1n) is 7.09. The van der Waals surface area contributed by atoms with Crippen LogP contribution in [-0.2, 0) is 0 Å². The van der Waals surface area contributed by atoms with Crippen molar-refractivity contribution < 1.29 is 0 Å². The fourth-order valence-corrected chi connectivity index (χ4v) is 2.55. The summed E-state index contributed by atoms with van der Waals surface area (Å²) < 4.78 is 3.12. The van der Waals surface area contributed by atoms with E-state index < -0.39 is 0 Å². The van der Waals surface area contributed by atoms with Crippen molar-refractivity contribution in [3.8, 4) is 6.07 Å². The van der Waals surface area contributed by atoms with Crippen molar-refractivity contribution >= 4 is 16.7 Å². The molecule has 0 saturated carbocycles. The summed E-state index contributed by atoms with van der Waals surface area (Å²) in [5.74, 6) is 0.